The van der Waals surface area contributed by atoms with Crippen LogP contribution in [-0.4, -0.2) is 43.6 Å². The molecule has 1 amide bonds. The number of quaternary nitrogens is 1. The number of piperidine rings is 1. The molecule has 24 heavy (non-hydrogen) atoms. The third-order valence-corrected chi connectivity index (χ3v) is 4.34. The molecule has 0 radical (unpaired) electrons. The van der Waals surface area contributed by atoms with Gasteiger partial charge in [0.25, 0.3) is 11.6 Å². The molecule has 132 valence electrons. The molecule has 1 aromatic rings. The number of rotatable bonds is 7. The molecule has 1 aliphatic heterocycles. The molecule has 3 N–H and O–H groups in total. The fraction of sp³-hybridized carbons (Fsp3) is 0.588. The van der Waals surface area contributed by atoms with Crippen molar-refractivity contribution in [3.05, 3.63) is 34.4 Å². The van der Waals surface area contributed by atoms with Crippen LogP contribution in [-0.2, 0) is 4.79 Å². The highest BCUT2D eigenvalue weighted by Gasteiger charge is 2.26. The van der Waals surface area contributed by atoms with Crippen LogP contribution in [0.1, 0.15) is 20.3 Å². The summed E-state index contributed by atoms with van der Waals surface area (Å²) in [6.07, 6.45) is 1.25. The Hall–Kier alpha value is -2.15. The van der Waals surface area contributed by atoms with Crippen LogP contribution in [0.4, 0.5) is 11.4 Å². The molecule has 7 heteroatoms. The van der Waals surface area contributed by atoms with Crippen LogP contribution in [0.3, 0.4) is 0 Å². The van der Waals surface area contributed by atoms with Crippen molar-refractivity contribution in [2.45, 2.75) is 20.3 Å². The number of nitro benzene ring substituents is 1. The van der Waals surface area contributed by atoms with E-state index in [9.17, 15) is 14.9 Å². The molecule has 1 saturated heterocycles. The van der Waals surface area contributed by atoms with Gasteiger partial charge in [-0.3, -0.25) is 14.9 Å². The van der Waals surface area contributed by atoms with Crippen molar-refractivity contribution in [2.75, 3.05) is 38.0 Å². The second-order valence-corrected chi connectivity index (χ2v) is 6.86. The quantitative estimate of drug-likeness (QED) is 0.388. The van der Waals surface area contributed by atoms with Gasteiger partial charge in [-0.25, -0.2) is 0 Å². The van der Waals surface area contributed by atoms with Gasteiger partial charge in [0.1, 0.15) is 0 Å². The van der Waals surface area contributed by atoms with Crippen LogP contribution in [0.5, 0.6) is 0 Å². The van der Waals surface area contributed by atoms with Gasteiger partial charge in [0.05, 0.1) is 18.0 Å². The zero-order valence-electron chi connectivity index (χ0n) is 14.4. The summed E-state index contributed by atoms with van der Waals surface area (Å²) in [5.74, 6) is 1.44. The molecule has 0 aliphatic carbocycles. The average Bonchev–Trinajstić information content (AvgIpc) is 2.51. The fourth-order valence-corrected chi connectivity index (χ4v) is 3.47. The van der Waals surface area contributed by atoms with Crippen molar-refractivity contribution in [3.63, 3.8) is 0 Å². The maximum absolute atomic E-state index is 12.0. The van der Waals surface area contributed by atoms with Crippen LogP contribution < -0.4 is 15.5 Å². The molecule has 3 atom stereocenters. The Morgan fingerprint density at radius 3 is 2.42 bits per heavy atom. The maximum Gasteiger partial charge on any atom is 0.275 e. The van der Waals surface area contributed by atoms with Crippen molar-refractivity contribution < 1.29 is 14.6 Å². The summed E-state index contributed by atoms with van der Waals surface area (Å²) < 4.78 is 0. The molecular formula is C17H27N4O3+. The summed E-state index contributed by atoms with van der Waals surface area (Å²) in [5, 5.41) is 16.7. The van der Waals surface area contributed by atoms with Gasteiger partial charge in [-0.1, -0.05) is 13.8 Å². The molecule has 1 unspecified atom stereocenters. The maximum atomic E-state index is 12.0. The van der Waals surface area contributed by atoms with E-state index in [1.165, 1.54) is 23.5 Å². The Labute approximate surface area is 142 Å². The summed E-state index contributed by atoms with van der Waals surface area (Å²) in [7, 11) is 0. The van der Waals surface area contributed by atoms with Crippen LogP contribution >= 0.6 is 0 Å². The predicted molar refractivity (Wildman–Crippen MR) is 93.1 cm³/mol. The molecule has 0 saturated carbocycles. The van der Waals surface area contributed by atoms with Crippen molar-refractivity contribution in [3.8, 4) is 0 Å². The SMILES string of the molecule is C[C@@H]1C[C@H](C)C[NH+](CC(=O)NCCNc2ccc([N+](=O)[O-])cc2)C1. The normalized spacial score (nSPS) is 23.5. The average molecular weight is 335 g/mol. The lowest BCUT2D eigenvalue weighted by Crippen LogP contribution is -3.15. The minimum atomic E-state index is -0.422. The monoisotopic (exact) mass is 335 g/mol. The molecule has 1 heterocycles. The lowest BCUT2D eigenvalue weighted by molar-refractivity contribution is -0.904. The van der Waals surface area contributed by atoms with Gasteiger partial charge in [-0.2, -0.15) is 0 Å². The van der Waals surface area contributed by atoms with E-state index < -0.39 is 4.92 Å². The van der Waals surface area contributed by atoms with Gasteiger partial charge in [0, 0.05) is 42.7 Å². The number of anilines is 1. The van der Waals surface area contributed by atoms with Gasteiger partial charge >= 0.3 is 0 Å². The Morgan fingerprint density at radius 2 is 1.83 bits per heavy atom. The third kappa shape index (κ3) is 5.81. The van der Waals surface area contributed by atoms with Crippen molar-refractivity contribution in [2.24, 2.45) is 11.8 Å². The lowest BCUT2D eigenvalue weighted by atomic mass is 9.92. The molecule has 1 aromatic carbocycles. The van der Waals surface area contributed by atoms with Crippen LogP contribution in [0.15, 0.2) is 24.3 Å². The largest absolute Gasteiger partial charge is 0.383 e. The molecule has 2 rings (SSSR count). The molecule has 0 aromatic heterocycles. The van der Waals surface area contributed by atoms with Crippen LogP contribution in [0, 0.1) is 22.0 Å². The van der Waals surface area contributed by atoms with Crippen molar-refractivity contribution >= 4 is 17.3 Å². The smallest absolute Gasteiger partial charge is 0.275 e. The molecule has 1 fully saturated rings. The molecule has 7 nitrogen and oxygen atoms in total. The van der Waals surface area contributed by atoms with E-state index in [1.807, 2.05) is 0 Å². The number of likely N-dealkylation sites (tertiary alicyclic amines) is 1. The zero-order chi connectivity index (χ0) is 17.5. The standard InChI is InChI=1S/C17H26N4O3/c1-13-9-14(2)11-20(10-13)12-17(22)19-8-7-18-15-3-5-16(6-4-15)21(23)24/h3-6,13-14,18H,7-12H2,1-2H3,(H,19,22)/p+1/t13-,14+. The number of nitrogens with zero attached hydrogens (tertiary/aromatic N) is 1. The van der Waals surface area contributed by atoms with Crippen molar-refractivity contribution in [1.82, 2.24) is 5.32 Å². The van der Waals surface area contributed by atoms with Crippen LogP contribution in [0.25, 0.3) is 0 Å². The molecule has 1 aliphatic rings. The number of nitrogens with one attached hydrogen (secondary N) is 3. The number of carbonyl (C=O) groups is 1. The summed E-state index contributed by atoms with van der Waals surface area (Å²) in [4.78, 5) is 23.5. The molecule has 0 bridgehead atoms. The van der Waals surface area contributed by atoms with Gasteiger partial charge in [0.2, 0.25) is 0 Å². The number of non-ortho nitro benzene ring substituents is 1. The van der Waals surface area contributed by atoms with Crippen molar-refractivity contribution in [1.29, 1.82) is 0 Å². The highest BCUT2D eigenvalue weighted by Crippen LogP contribution is 2.14. The first kappa shape index (κ1) is 18.2. The second-order valence-electron chi connectivity index (χ2n) is 6.86. The van der Waals surface area contributed by atoms with Gasteiger partial charge < -0.3 is 15.5 Å². The van der Waals surface area contributed by atoms with Gasteiger partial charge in [-0.05, 0) is 18.6 Å². The Kier molecular flexibility index (Phi) is 6.54. The topological polar surface area (TPSA) is 88.7 Å². The first-order chi connectivity index (χ1) is 11.4. The minimum Gasteiger partial charge on any atom is -0.383 e. The van der Waals surface area contributed by atoms with E-state index in [2.05, 4.69) is 24.5 Å². The van der Waals surface area contributed by atoms with E-state index in [0.29, 0.717) is 31.5 Å². The Morgan fingerprint density at radius 1 is 1.21 bits per heavy atom. The first-order valence-corrected chi connectivity index (χ1v) is 8.52. The number of benzene rings is 1. The Bertz CT molecular complexity index is 551. The number of hydrogen-bond acceptors (Lipinski definition) is 4. The summed E-state index contributed by atoms with van der Waals surface area (Å²) in [6, 6.07) is 6.26. The molecule has 0 spiro atoms. The van der Waals surface area contributed by atoms with Gasteiger partial charge in [0.15, 0.2) is 6.54 Å². The Balaban J connectivity index is 1.64. The third-order valence-electron chi connectivity index (χ3n) is 4.34. The fourth-order valence-electron chi connectivity index (χ4n) is 3.47. The lowest BCUT2D eigenvalue weighted by Gasteiger charge is -2.31. The second kappa shape index (κ2) is 8.63. The van der Waals surface area contributed by atoms with Crippen LogP contribution in [0.2, 0.25) is 0 Å². The first-order valence-electron chi connectivity index (χ1n) is 8.52. The van der Waals surface area contributed by atoms with E-state index in [0.717, 1.165) is 18.8 Å². The van der Waals surface area contributed by atoms with Gasteiger partial charge in [-0.15, -0.1) is 0 Å². The predicted octanol–water partition coefficient (Wildman–Crippen LogP) is 0.684. The number of hydrogen-bond donors (Lipinski definition) is 3. The minimum absolute atomic E-state index is 0.0711. The zero-order valence-corrected chi connectivity index (χ0v) is 14.4. The summed E-state index contributed by atoms with van der Waals surface area (Å²) in [6.45, 7) is 8.30. The highest BCUT2D eigenvalue weighted by molar-refractivity contribution is 5.76. The van der Waals surface area contributed by atoms with E-state index in [4.69, 9.17) is 0 Å². The number of nitro groups is 1. The van der Waals surface area contributed by atoms with E-state index >= 15 is 0 Å². The highest BCUT2D eigenvalue weighted by atomic mass is 16.6. The van der Waals surface area contributed by atoms with E-state index in [1.54, 1.807) is 12.1 Å². The molecular weight excluding hydrogens is 308 g/mol. The summed E-state index contributed by atoms with van der Waals surface area (Å²) in [5.41, 5.74) is 0.876. The number of carbonyl (C=O) groups excluding carboxylic acids is 1. The summed E-state index contributed by atoms with van der Waals surface area (Å²) >= 11 is 0. The van der Waals surface area contributed by atoms with E-state index in [-0.39, 0.29) is 11.6 Å². The number of amides is 1.